The molecular weight excluding hydrogens is 385 g/mol. The molecule has 6 nitrogen and oxygen atoms in total. The van der Waals surface area contributed by atoms with Gasteiger partial charge in [-0.2, -0.15) is 0 Å². The highest BCUT2D eigenvalue weighted by molar-refractivity contribution is 5.97. The number of benzene rings is 3. The van der Waals surface area contributed by atoms with Gasteiger partial charge >= 0.3 is 6.09 Å². The molecule has 1 atom stereocenters. The number of nitrogens with one attached hydrogen (secondary N) is 3. The maximum atomic E-state index is 13.1. The summed E-state index contributed by atoms with van der Waals surface area (Å²) in [6, 6.07) is 21.1. The Morgan fingerprint density at radius 3 is 2.03 bits per heavy atom. The van der Waals surface area contributed by atoms with Crippen molar-refractivity contribution in [2.75, 3.05) is 22.6 Å². The highest BCUT2D eigenvalue weighted by atomic mass is 19.1. The van der Waals surface area contributed by atoms with Gasteiger partial charge in [-0.25, -0.2) is 9.18 Å². The highest BCUT2D eigenvalue weighted by Gasteiger charge is 2.20. The number of hydrogen-bond donors (Lipinski definition) is 3. The van der Waals surface area contributed by atoms with Crippen LogP contribution in [0.3, 0.4) is 0 Å². The Balaban J connectivity index is 1.75. The van der Waals surface area contributed by atoms with Gasteiger partial charge in [-0.05, 0) is 61.0 Å². The van der Waals surface area contributed by atoms with E-state index in [4.69, 9.17) is 4.74 Å². The summed E-state index contributed by atoms with van der Waals surface area (Å²) in [6.07, 6.45) is -0.529. The van der Waals surface area contributed by atoms with Gasteiger partial charge in [-0.1, -0.05) is 30.3 Å². The summed E-state index contributed by atoms with van der Waals surface area (Å²) in [6.45, 7) is 2.01. The Hall–Kier alpha value is -3.87. The molecule has 0 aromatic heterocycles. The molecular formula is C23H22FN3O3. The summed E-state index contributed by atoms with van der Waals surface area (Å²) >= 11 is 0. The molecule has 0 saturated heterocycles. The lowest BCUT2D eigenvalue weighted by atomic mass is 10.1. The Morgan fingerprint density at radius 2 is 1.40 bits per heavy atom. The van der Waals surface area contributed by atoms with Crippen molar-refractivity contribution < 1.29 is 18.7 Å². The molecule has 0 fully saturated rings. The van der Waals surface area contributed by atoms with E-state index in [1.54, 1.807) is 31.2 Å². The lowest BCUT2D eigenvalue weighted by molar-refractivity contribution is -0.117. The zero-order chi connectivity index (χ0) is 21.3. The van der Waals surface area contributed by atoms with Crippen molar-refractivity contribution in [1.82, 2.24) is 0 Å². The minimum atomic E-state index is -0.680. The summed E-state index contributed by atoms with van der Waals surface area (Å²) in [5, 5.41) is 8.62. The lowest BCUT2D eigenvalue weighted by Gasteiger charge is -2.20. The van der Waals surface area contributed by atoms with E-state index in [0.717, 1.165) is 5.56 Å². The standard InChI is InChI=1S/C23H22FN3O3/c1-2-30-23(29)27-20-14-12-18(13-15-20)25-21(16-6-4-3-5-7-16)22(28)26-19-10-8-17(24)9-11-19/h3-15,21,25H,2H2,1H3,(H,26,28)(H,27,29). The molecule has 154 valence electrons. The largest absolute Gasteiger partial charge is 0.450 e. The number of hydrogen-bond acceptors (Lipinski definition) is 4. The molecule has 2 amide bonds. The minimum Gasteiger partial charge on any atom is -0.450 e. The molecule has 0 aliphatic carbocycles. The second kappa shape index (κ2) is 10.1. The molecule has 0 spiro atoms. The molecule has 0 aliphatic rings. The number of carbonyl (C=O) groups excluding carboxylic acids is 2. The second-order valence-corrected chi connectivity index (χ2v) is 6.41. The van der Waals surface area contributed by atoms with Gasteiger partial charge in [0.1, 0.15) is 11.9 Å². The number of amides is 2. The first-order valence-corrected chi connectivity index (χ1v) is 9.47. The van der Waals surface area contributed by atoms with Crippen molar-refractivity contribution in [2.24, 2.45) is 0 Å². The summed E-state index contributed by atoms with van der Waals surface area (Å²) in [7, 11) is 0. The quantitative estimate of drug-likeness (QED) is 0.504. The highest BCUT2D eigenvalue weighted by Crippen LogP contribution is 2.23. The topological polar surface area (TPSA) is 79.5 Å². The lowest BCUT2D eigenvalue weighted by Crippen LogP contribution is -2.27. The third-order valence-electron chi connectivity index (χ3n) is 4.22. The number of rotatable bonds is 7. The Kier molecular flexibility index (Phi) is 7.00. The van der Waals surface area contributed by atoms with E-state index in [0.29, 0.717) is 17.1 Å². The van der Waals surface area contributed by atoms with Crippen LogP contribution < -0.4 is 16.0 Å². The fraction of sp³-hybridized carbons (Fsp3) is 0.130. The van der Waals surface area contributed by atoms with Gasteiger partial charge in [0, 0.05) is 17.1 Å². The molecule has 0 saturated carbocycles. The zero-order valence-corrected chi connectivity index (χ0v) is 16.4. The Morgan fingerprint density at radius 1 is 0.833 bits per heavy atom. The molecule has 1 unspecified atom stereocenters. The van der Waals surface area contributed by atoms with E-state index in [-0.39, 0.29) is 18.3 Å². The van der Waals surface area contributed by atoms with E-state index in [2.05, 4.69) is 16.0 Å². The molecule has 7 heteroatoms. The van der Waals surface area contributed by atoms with Crippen LogP contribution in [0.4, 0.5) is 26.2 Å². The van der Waals surface area contributed by atoms with Crippen LogP contribution in [0.15, 0.2) is 78.9 Å². The molecule has 30 heavy (non-hydrogen) atoms. The van der Waals surface area contributed by atoms with E-state index >= 15 is 0 Å². The average Bonchev–Trinajstić information content (AvgIpc) is 2.75. The van der Waals surface area contributed by atoms with Crippen molar-refractivity contribution in [3.05, 3.63) is 90.2 Å². The monoisotopic (exact) mass is 407 g/mol. The van der Waals surface area contributed by atoms with Crippen molar-refractivity contribution in [2.45, 2.75) is 13.0 Å². The van der Waals surface area contributed by atoms with Crippen LogP contribution in [0, 0.1) is 5.82 Å². The maximum Gasteiger partial charge on any atom is 0.411 e. The fourth-order valence-electron chi connectivity index (χ4n) is 2.79. The predicted octanol–water partition coefficient (Wildman–Crippen LogP) is 5.19. The van der Waals surface area contributed by atoms with Crippen LogP contribution >= 0.6 is 0 Å². The first-order chi connectivity index (χ1) is 14.5. The fourth-order valence-corrected chi connectivity index (χ4v) is 2.79. The van der Waals surface area contributed by atoms with Crippen LogP contribution in [0.25, 0.3) is 0 Å². The minimum absolute atomic E-state index is 0.285. The van der Waals surface area contributed by atoms with Crippen LogP contribution in [0.5, 0.6) is 0 Å². The van der Waals surface area contributed by atoms with Gasteiger partial charge < -0.3 is 15.4 Å². The molecule has 3 aromatic carbocycles. The molecule has 3 aromatic rings. The van der Waals surface area contributed by atoms with Crippen molar-refractivity contribution in [3.8, 4) is 0 Å². The number of halogens is 1. The van der Waals surface area contributed by atoms with E-state index in [9.17, 15) is 14.0 Å². The second-order valence-electron chi connectivity index (χ2n) is 6.41. The summed E-state index contributed by atoms with van der Waals surface area (Å²) in [4.78, 5) is 24.5. The summed E-state index contributed by atoms with van der Waals surface area (Å²) < 4.78 is 18.0. The van der Waals surface area contributed by atoms with E-state index < -0.39 is 12.1 Å². The third kappa shape index (κ3) is 5.81. The van der Waals surface area contributed by atoms with E-state index in [1.807, 2.05) is 30.3 Å². The molecule has 3 rings (SSSR count). The van der Waals surface area contributed by atoms with Crippen molar-refractivity contribution >= 4 is 29.1 Å². The van der Waals surface area contributed by atoms with Gasteiger partial charge in [0.25, 0.3) is 5.91 Å². The average molecular weight is 407 g/mol. The molecule has 0 heterocycles. The summed E-state index contributed by atoms with van der Waals surface area (Å²) in [5.74, 6) is -0.663. The van der Waals surface area contributed by atoms with Gasteiger partial charge in [-0.3, -0.25) is 10.1 Å². The van der Waals surface area contributed by atoms with E-state index in [1.165, 1.54) is 24.3 Å². The third-order valence-corrected chi connectivity index (χ3v) is 4.22. The SMILES string of the molecule is CCOC(=O)Nc1ccc(NC(C(=O)Nc2ccc(F)cc2)c2ccccc2)cc1. The number of carbonyl (C=O) groups is 2. The first kappa shape index (κ1) is 20.9. The molecule has 0 aliphatic heterocycles. The van der Waals surface area contributed by atoms with Crippen LogP contribution in [0.2, 0.25) is 0 Å². The van der Waals surface area contributed by atoms with Crippen LogP contribution in [-0.2, 0) is 9.53 Å². The summed E-state index contributed by atoms with van der Waals surface area (Å²) in [5.41, 5.74) is 2.53. The van der Waals surface area contributed by atoms with Gasteiger partial charge in [0.05, 0.1) is 6.61 Å². The molecule has 0 bridgehead atoms. The molecule has 3 N–H and O–H groups in total. The first-order valence-electron chi connectivity index (χ1n) is 9.47. The predicted molar refractivity (Wildman–Crippen MR) is 115 cm³/mol. The van der Waals surface area contributed by atoms with Gasteiger partial charge in [0.2, 0.25) is 0 Å². The van der Waals surface area contributed by atoms with Gasteiger partial charge in [-0.15, -0.1) is 0 Å². The maximum absolute atomic E-state index is 13.1. The smallest absolute Gasteiger partial charge is 0.411 e. The van der Waals surface area contributed by atoms with Crippen molar-refractivity contribution in [1.29, 1.82) is 0 Å². The normalized spacial score (nSPS) is 11.3. The Labute approximate surface area is 174 Å². The van der Waals surface area contributed by atoms with Crippen LogP contribution in [-0.4, -0.2) is 18.6 Å². The van der Waals surface area contributed by atoms with Gasteiger partial charge in [0.15, 0.2) is 0 Å². The van der Waals surface area contributed by atoms with Crippen molar-refractivity contribution in [3.63, 3.8) is 0 Å². The Bertz CT molecular complexity index is 977. The van der Waals surface area contributed by atoms with Crippen LogP contribution in [0.1, 0.15) is 18.5 Å². The molecule has 0 radical (unpaired) electrons. The zero-order valence-electron chi connectivity index (χ0n) is 16.4. The number of anilines is 3. The number of ether oxygens (including phenoxy) is 1.